The number of hydrogen-bond donors (Lipinski definition) is 3. The molecule has 0 aliphatic carbocycles. The minimum atomic E-state index is -0.390. The van der Waals surface area contributed by atoms with Crippen molar-refractivity contribution in [3.63, 3.8) is 0 Å². The maximum atomic E-state index is 12.2. The zero-order valence-corrected chi connectivity index (χ0v) is 13.0. The maximum absolute atomic E-state index is 12.2. The number of amides is 1. The van der Waals surface area contributed by atoms with Crippen LogP contribution in [0.25, 0.3) is 0 Å². The van der Waals surface area contributed by atoms with E-state index in [1.807, 2.05) is 19.9 Å². The molecule has 100 valence electrons. The highest BCUT2D eigenvalue weighted by Gasteiger charge is 2.24. The van der Waals surface area contributed by atoms with Crippen LogP contribution in [0.1, 0.15) is 37.0 Å². The number of carbonyl (C=O) groups excluding carboxylic acids is 1. The Morgan fingerprint density at radius 3 is 2.72 bits per heavy atom. The summed E-state index contributed by atoms with van der Waals surface area (Å²) in [5, 5.41) is 12.0. The van der Waals surface area contributed by atoms with Gasteiger partial charge in [0, 0.05) is 21.5 Å². The first-order valence-electron chi connectivity index (χ1n) is 5.84. The summed E-state index contributed by atoms with van der Waals surface area (Å²) in [5.41, 5.74) is 0.151. The maximum Gasteiger partial charge on any atom is 0.252 e. The predicted octanol–water partition coefficient (Wildman–Crippen LogP) is 3.02. The van der Waals surface area contributed by atoms with E-state index in [9.17, 15) is 4.79 Å². The zero-order valence-electron chi connectivity index (χ0n) is 10.5. The van der Waals surface area contributed by atoms with Crippen molar-refractivity contribution in [2.75, 3.05) is 6.61 Å². The average molecular weight is 332 g/mol. The molecule has 18 heavy (non-hydrogen) atoms. The molecule has 0 fully saturated rings. The molecule has 0 spiro atoms. The Labute approximate surface area is 122 Å². The van der Waals surface area contributed by atoms with E-state index in [0.29, 0.717) is 16.9 Å². The molecule has 1 amide bonds. The third-order valence-corrected chi connectivity index (χ3v) is 3.93. The molecule has 0 aromatic heterocycles. The fourth-order valence-electron chi connectivity index (χ4n) is 1.61. The molecule has 1 rings (SSSR count). The van der Waals surface area contributed by atoms with Crippen LogP contribution in [0.5, 0.6) is 0 Å². The van der Waals surface area contributed by atoms with Gasteiger partial charge in [0.25, 0.3) is 5.91 Å². The average Bonchev–Trinajstić information content (AvgIpc) is 2.28. The van der Waals surface area contributed by atoms with Gasteiger partial charge < -0.3 is 10.4 Å². The molecule has 0 heterocycles. The summed E-state index contributed by atoms with van der Waals surface area (Å²) >= 11 is 7.63. The minimum absolute atomic E-state index is 0.0543. The van der Waals surface area contributed by atoms with E-state index in [1.54, 1.807) is 12.1 Å². The van der Waals surface area contributed by atoms with Gasteiger partial charge >= 0.3 is 0 Å². The molecule has 0 saturated heterocycles. The lowest BCUT2D eigenvalue weighted by molar-refractivity contribution is 0.0883. The summed E-state index contributed by atoms with van der Waals surface area (Å²) in [4.78, 5) is 12.8. The second-order valence-corrected chi connectivity index (χ2v) is 5.90. The first-order chi connectivity index (χ1) is 8.41. The predicted molar refractivity (Wildman–Crippen MR) is 79.3 cm³/mol. The Hall–Kier alpha value is -0.520. The van der Waals surface area contributed by atoms with Crippen molar-refractivity contribution >= 4 is 34.5 Å². The first-order valence-corrected chi connectivity index (χ1v) is 7.08. The molecule has 1 atom stereocenters. The fraction of sp³-hybridized carbons (Fsp3) is 0.462. The molecule has 0 saturated carbocycles. The molecular formula is C13H18BrNO2S. The van der Waals surface area contributed by atoms with Crippen molar-refractivity contribution in [1.82, 2.24) is 5.32 Å². The fourth-order valence-corrected chi connectivity index (χ4v) is 2.47. The van der Waals surface area contributed by atoms with Crippen molar-refractivity contribution in [1.29, 1.82) is 0 Å². The number of benzene rings is 1. The van der Waals surface area contributed by atoms with Gasteiger partial charge in [0.2, 0.25) is 0 Å². The number of nitrogens with one attached hydrogen (secondary N) is 1. The summed E-state index contributed by atoms with van der Waals surface area (Å²) in [6, 6.07) is 5.33. The van der Waals surface area contributed by atoms with Crippen LogP contribution in [0.4, 0.5) is 0 Å². The number of rotatable bonds is 5. The molecule has 1 unspecified atom stereocenters. The lowest BCUT2D eigenvalue weighted by Crippen LogP contribution is -2.46. The van der Waals surface area contributed by atoms with Gasteiger partial charge in [0.15, 0.2) is 0 Å². The van der Waals surface area contributed by atoms with Gasteiger partial charge in [0.1, 0.15) is 0 Å². The van der Waals surface area contributed by atoms with Gasteiger partial charge in [-0.1, -0.05) is 22.9 Å². The topological polar surface area (TPSA) is 49.3 Å². The molecule has 0 bridgehead atoms. The highest BCUT2D eigenvalue weighted by atomic mass is 79.9. The Balaban J connectivity index is 2.87. The third kappa shape index (κ3) is 4.00. The number of aliphatic hydroxyl groups excluding tert-OH is 1. The number of carbonyl (C=O) groups is 1. The lowest BCUT2D eigenvalue weighted by atomic mass is 9.94. The van der Waals surface area contributed by atoms with E-state index < -0.39 is 0 Å². The second kappa shape index (κ2) is 6.59. The summed E-state index contributed by atoms with van der Waals surface area (Å²) in [6.45, 7) is 3.97. The van der Waals surface area contributed by atoms with Crippen LogP contribution < -0.4 is 5.32 Å². The summed E-state index contributed by atoms with van der Waals surface area (Å²) in [7, 11) is 0. The van der Waals surface area contributed by atoms with E-state index in [4.69, 9.17) is 5.11 Å². The number of hydrogen-bond acceptors (Lipinski definition) is 3. The van der Waals surface area contributed by atoms with Crippen LogP contribution in [0.3, 0.4) is 0 Å². The van der Waals surface area contributed by atoms with Crippen molar-refractivity contribution in [3.05, 3.63) is 28.2 Å². The van der Waals surface area contributed by atoms with Crippen molar-refractivity contribution in [3.8, 4) is 0 Å². The highest BCUT2D eigenvalue weighted by molar-refractivity contribution is 9.10. The van der Waals surface area contributed by atoms with E-state index in [-0.39, 0.29) is 18.1 Å². The zero-order chi connectivity index (χ0) is 13.8. The van der Waals surface area contributed by atoms with E-state index >= 15 is 0 Å². The quantitative estimate of drug-likeness (QED) is 0.726. The Kier molecular flexibility index (Phi) is 5.69. The summed E-state index contributed by atoms with van der Waals surface area (Å²) in [5.74, 6) is -0.162. The smallest absolute Gasteiger partial charge is 0.252 e. The number of aliphatic hydroxyl groups is 1. The molecule has 5 heteroatoms. The summed E-state index contributed by atoms with van der Waals surface area (Å²) < 4.78 is 0.887. The van der Waals surface area contributed by atoms with Gasteiger partial charge in [0.05, 0.1) is 5.56 Å². The van der Waals surface area contributed by atoms with Gasteiger partial charge in [-0.15, -0.1) is 12.6 Å². The van der Waals surface area contributed by atoms with Gasteiger partial charge in [-0.25, -0.2) is 0 Å². The lowest BCUT2D eigenvalue weighted by Gasteiger charge is -2.29. The van der Waals surface area contributed by atoms with E-state index in [0.717, 1.165) is 10.9 Å². The normalized spacial score (nSPS) is 14.1. The monoisotopic (exact) mass is 331 g/mol. The van der Waals surface area contributed by atoms with Gasteiger partial charge in [-0.2, -0.15) is 0 Å². The molecule has 1 aromatic rings. The van der Waals surface area contributed by atoms with Crippen molar-refractivity contribution in [2.45, 2.75) is 37.1 Å². The van der Waals surface area contributed by atoms with Crippen LogP contribution in [0.2, 0.25) is 0 Å². The Morgan fingerprint density at radius 2 is 2.22 bits per heavy atom. The SMILES string of the molecule is CCC(C)(CCO)NC(=O)c1ccc(Br)cc1S. The Bertz CT molecular complexity index is 439. The largest absolute Gasteiger partial charge is 0.396 e. The standard InChI is InChI=1S/C13H18BrNO2S/c1-3-13(2,6-7-16)15-12(17)10-5-4-9(14)8-11(10)18/h4-5,8,16,18H,3,6-7H2,1-2H3,(H,15,17). The van der Waals surface area contributed by atoms with Crippen molar-refractivity contribution < 1.29 is 9.90 Å². The van der Waals surface area contributed by atoms with Crippen molar-refractivity contribution in [2.24, 2.45) is 0 Å². The van der Waals surface area contributed by atoms with Gasteiger partial charge in [-0.3, -0.25) is 4.79 Å². The summed E-state index contributed by atoms with van der Waals surface area (Å²) in [6.07, 6.45) is 1.30. The van der Waals surface area contributed by atoms with Crippen LogP contribution in [-0.4, -0.2) is 23.2 Å². The van der Waals surface area contributed by atoms with E-state index in [1.165, 1.54) is 0 Å². The molecule has 0 radical (unpaired) electrons. The van der Waals surface area contributed by atoms with Crippen LogP contribution in [-0.2, 0) is 0 Å². The number of halogens is 1. The third-order valence-electron chi connectivity index (χ3n) is 3.06. The second-order valence-electron chi connectivity index (χ2n) is 4.50. The first kappa shape index (κ1) is 15.5. The molecule has 1 aromatic carbocycles. The highest BCUT2D eigenvalue weighted by Crippen LogP contribution is 2.21. The molecule has 0 aliphatic rings. The Morgan fingerprint density at radius 1 is 1.56 bits per heavy atom. The van der Waals surface area contributed by atoms with Crippen LogP contribution >= 0.6 is 28.6 Å². The van der Waals surface area contributed by atoms with Crippen LogP contribution in [0, 0.1) is 0 Å². The van der Waals surface area contributed by atoms with Gasteiger partial charge in [-0.05, 0) is 38.0 Å². The van der Waals surface area contributed by atoms with Crippen LogP contribution in [0.15, 0.2) is 27.6 Å². The molecule has 3 nitrogen and oxygen atoms in total. The molecule has 2 N–H and O–H groups in total. The minimum Gasteiger partial charge on any atom is -0.396 e. The number of thiol groups is 1. The van der Waals surface area contributed by atoms with E-state index in [2.05, 4.69) is 33.9 Å². The molecule has 0 aliphatic heterocycles. The molecular weight excluding hydrogens is 314 g/mol.